The predicted molar refractivity (Wildman–Crippen MR) is 134 cm³/mol. The molecule has 3 aromatic rings. The lowest BCUT2D eigenvalue weighted by Gasteiger charge is -2.50. The van der Waals surface area contributed by atoms with Crippen molar-refractivity contribution in [3.8, 4) is 0 Å². The van der Waals surface area contributed by atoms with E-state index in [0.29, 0.717) is 36.8 Å². The maximum Gasteiger partial charge on any atom is 0.416 e. The van der Waals surface area contributed by atoms with E-state index in [4.69, 9.17) is 11.6 Å². The van der Waals surface area contributed by atoms with Gasteiger partial charge >= 0.3 is 6.18 Å². The van der Waals surface area contributed by atoms with Crippen molar-refractivity contribution >= 4 is 40.2 Å². The van der Waals surface area contributed by atoms with Crippen LogP contribution in [0.2, 0.25) is 5.02 Å². The number of benzene rings is 2. The van der Waals surface area contributed by atoms with E-state index in [2.05, 4.69) is 15.1 Å². The minimum Gasteiger partial charge on any atom is -0.366 e. The Labute approximate surface area is 211 Å². The van der Waals surface area contributed by atoms with Crippen molar-refractivity contribution in [1.29, 1.82) is 0 Å². The van der Waals surface area contributed by atoms with Crippen LogP contribution in [0.3, 0.4) is 0 Å². The Bertz CT molecular complexity index is 1200. The minimum atomic E-state index is -4.42. The third kappa shape index (κ3) is 5.00. The molecule has 5 rings (SSSR count). The summed E-state index contributed by atoms with van der Waals surface area (Å²) in [7, 11) is 0. The number of thiophene rings is 1. The molecule has 35 heavy (non-hydrogen) atoms. The number of rotatable bonds is 5. The van der Waals surface area contributed by atoms with Crippen molar-refractivity contribution in [3.05, 3.63) is 81.0 Å². The molecule has 9 heteroatoms. The predicted octanol–water partition coefficient (Wildman–Crippen LogP) is 5.65. The summed E-state index contributed by atoms with van der Waals surface area (Å²) >= 11 is 8.09. The Hall–Kier alpha value is -2.71. The number of fused-ring (bicyclic) bond motifs is 3. The zero-order valence-corrected chi connectivity index (χ0v) is 20.5. The van der Waals surface area contributed by atoms with Gasteiger partial charge in [-0.3, -0.25) is 4.79 Å². The van der Waals surface area contributed by atoms with E-state index in [0.717, 1.165) is 23.9 Å². The first-order valence-corrected chi connectivity index (χ1v) is 12.8. The summed E-state index contributed by atoms with van der Waals surface area (Å²) in [6.45, 7) is 2.31. The Morgan fingerprint density at radius 1 is 1.09 bits per heavy atom. The number of carbonyl (C=O) groups is 1. The van der Waals surface area contributed by atoms with Gasteiger partial charge in [-0.2, -0.15) is 13.2 Å². The van der Waals surface area contributed by atoms with Gasteiger partial charge in [-0.15, -0.1) is 11.3 Å². The lowest BCUT2D eigenvalue weighted by Crippen LogP contribution is -2.61. The van der Waals surface area contributed by atoms with Gasteiger partial charge in [-0.05, 0) is 60.2 Å². The molecule has 0 spiro atoms. The molecule has 184 valence electrons. The largest absolute Gasteiger partial charge is 0.416 e. The van der Waals surface area contributed by atoms with Gasteiger partial charge in [0.15, 0.2) is 0 Å². The van der Waals surface area contributed by atoms with Crippen molar-refractivity contribution < 1.29 is 18.0 Å². The van der Waals surface area contributed by atoms with E-state index in [-0.39, 0.29) is 18.4 Å². The topological polar surface area (TPSA) is 35.6 Å². The van der Waals surface area contributed by atoms with E-state index < -0.39 is 17.7 Å². The number of amides is 1. The second-order valence-corrected chi connectivity index (χ2v) is 10.4. The van der Waals surface area contributed by atoms with Crippen LogP contribution in [0.15, 0.2) is 60.0 Å². The number of para-hydroxylation sites is 1. The summed E-state index contributed by atoms with van der Waals surface area (Å²) in [5.41, 5.74) is 1.58. The molecule has 4 nitrogen and oxygen atoms in total. The third-order valence-electron chi connectivity index (χ3n) is 6.82. The first-order chi connectivity index (χ1) is 16.8. The van der Waals surface area contributed by atoms with Crippen LogP contribution in [0.5, 0.6) is 0 Å². The summed E-state index contributed by atoms with van der Waals surface area (Å²) in [5, 5.41) is 5.68. The van der Waals surface area contributed by atoms with Crippen LogP contribution >= 0.6 is 22.9 Å². The standard InChI is InChI=1S/C26H25ClF3N3OS/c27-21-5-1-2-6-23(21)32-11-12-33-22-8-7-18(26(28,29)30)14-17(22)15-20(24(33)16-32)25(34)31-10-9-19-4-3-13-35-19/h1-8,13-14,20,24H,9-12,15-16H2,(H,31,34)/t20-,24+/m0/s1. The molecule has 1 saturated heterocycles. The van der Waals surface area contributed by atoms with E-state index in [1.807, 2.05) is 41.8 Å². The zero-order valence-electron chi connectivity index (χ0n) is 18.9. The Balaban J connectivity index is 1.42. The van der Waals surface area contributed by atoms with Gasteiger partial charge in [0.05, 0.1) is 28.2 Å². The highest BCUT2D eigenvalue weighted by atomic mass is 35.5. The van der Waals surface area contributed by atoms with Gasteiger partial charge in [-0.25, -0.2) is 0 Å². The molecule has 0 unspecified atom stereocenters. The molecule has 1 amide bonds. The number of anilines is 2. The summed E-state index contributed by atoms with van der Waals surface area (Å²) < 4.78 is 40.2. The normalized spacial score (nSPS) is 19.8. The first kappa shape index (κ1) is 24.0. The average molecular weight is 520 g/mol. The summed E-state index contributed by atoms with van der Waals surface area (Å²) in [6, 6.07) is 15.3. The van der Waals surface area contributed by atoms with E-state index in [9.17, 15) is 18.0 Å². The number of piperazine rings is 1. The second kappa shape index (κ2) is 9.74. The number of hydrogen-bond donors (Lipinski definition) is 1. The minimum absolute atomic E-state index is 0.124. The van der Waals surface area contributed by atoms with Gasteiger partial charge in [0.25, 0.3) is 0 Å². The molecule has 0 radical (unpaired) electrons. The van der Waals surface area contributed by atoms with Crippen LogP contribution in [0, 0.1) is 5.92 Å². The van der Waals surface area contributed by atoms with E-state index in [1.165, 1.54) is 10.9 Å². The molecule has 2 aromatic carbocycles. The van der Waals surface area contributed by atoms with Crippen LogP contribution < -0.4 is 15.1 Å². The molecule has 0 saturated carbocycles. The second-order valence-electron chi connectivity index (χ2n) is 8.93. The quantitative estimate of drug-likeness (QED) is 0.473. The molecule has 1 fully saturated rings. The Kier molecular flexibility index (Phi) is 6.68. The van der Waals surface area contributed by atoms with E-state index in [1.54, 1.807) is 17.4 Å². The van der Waals surface area contributed by atoms with Crippen molar-refractivity contribution in [3.63, 3.8) is 0 Å². The van der Waals surface area contributed by atoms with Crippen LogP contribution in [0.25, 0.3) is 0 Å². The molecule has 1 N–H and O–H groups in total. The van der Waals surface area contributed by atoms with Gasteiger partial charge in [-0.1, -0.05) is 29.8 Å². The van der Waals surface area contributed by atoms with Gasteiger partial charge in [0.2, 0.25) is 5.91 Å². The maximum absolute atomic E-state index is 13.4. The monoisotopic (exact) mass is 519 g/mol. The number of hydrogen-bond acceptors (Lipinski definition) is 4. The highest BCUT2D eigenvalue weighted by Crippen LogP contribution is 2.40. The van der Waals surface area contributed by atoms with Gasteiger partial charge in [0, 0.05) is 36.7 Å². The molecule has 0 bridgehead atoms. The molecule has 0 aliphatic carbocycles. The van der Waals surface area contributed by atoms with Crippen LogP contribution in [0.4, 0.5) is 24.5 Å². The van der Waals surface area contributed by atoms with Crippen molar-refractivity contribution in [2.24, 2.45) is 5.92 Å². The highest BCUT2D eigenvalue weighted by Gasteiger charge is 2.43. The Morgan fingerprint density at radius 3 is 2.66 bits per heavy atom. The first-order valence-electron chi connectivity index (χ1n) is 11.6. The molecule has 3 heterocycles. The van der Waals surface area contributed by atoms with E-state index >= 15 is 0 Å². The van der Waals surface area contributed by atoms with Gasteiger partial charge in [0.1, 0.15) is 0 Å². The van der Waals surface area contributed by atoms with Crippen LogP contribution in [-0.4, -0.2) is 38.1 Å². The number of alkyl halides is 3. The lowest BCUT2D eigenvalue weighted by atomic mass is 9.82. The SMILES string of the molecule is O=C(NCCc1cccs1)[C@H]1Cc2cc(C(F)(F)F)ccc2N2CCN(c3ccccc3Cl)C[C@H]12. The molecule has 2 aliphatic rings. The molecule has 2 atom stereocenters. The van der Waals surface area contributed by atoms with Gasteiger partial charge < -0.3 is 15.1 Å². The fourth-order valence-corrected chi connectivity index (χ4v) is 6.09. The smallest absolute Gasteiger partial charge is 0.366 e. The lowest BCUT2D eigenvalue weighted by molar-refractivity contribution is -0.137. The highest BCUT2D eigenvalue weighted by molar-refractivity contribution is 7.09. The molecular weight excluding hydrogens is 495 g/mol. The number of halogens is 4. The zero-order chi connectivity index (χ0) is 24.6. The summed E-state index contributed by atoms with van der Waals surface area (Å²) in [5.74, 6) is -0.597. The summed E-state index contributed by atoms with van der Waals surface area (Å²) in [6.07, 6.45) is -3.43. The fourth-order valence-electron chi connectivity index (χ4n) is 5.12. The molecule has 2 aliphatic heterocycles. The number of nitrogens with one attached hydrogen (secondary N) is 1. The van der Waals surface area contributed by atoms with Crippen molar-refractivity contribution in [2.45, 2.75) is 25.1 Å². The maximum atomic E-state index is 13.4. The summed E-state index contributed by atoms with van der Waals surface area (Å²) in [4.78, 5) is 18.8. The van der Waals surface area contributed by atoms with Crippen LogP contribution in [-0.2, 0) is 23.8 Å². The number of nitrogens with zero attached hydrogens (tertiary/aromatic N) is 2. The Morgan fingerprint density at radius 2 is 1.91 bits per heavy atom. The molecular formula is C26H25ClF3N3OS. The van der Waals surface area contributed by atoms with Crippen molar-refractivity contribution in [2.75, 3.05) is 36.0 Å². The van der Waals surface area contributed by atoms with Crippen molar-refractivity contribution in [1.82, 2.24) is 5.32 Å². The third-order valence-corrected chi connectivity index (χ3v) is 8.08. The molecule has 1 aromatic heterocycles. The van der Waals surface area contributed by atoms with Crippen LogP contribution in [0.1, 0.15) is 16.0 Å². The average Bonchev–Trinajstić information content (AvgIpc) is 3.36. The fraction of sp³-hybridized carbons (Fsp3) is 0.346. The number of carbonyl (C=O) groups excluding carboxylic acids is 1.